The van der Waals surface area contributed by atoms with Gasteiger partial charge in [0.05, 0.1) is 29.4 Å². The molecule has 168 valence electrons. The molecule has 0 aromatic heterocycles. The van der Waals surface area contributed by atoms with E-state index in [1.165, 1.54) is 39.5 Å². The number of hydrogen-bond donors (Lipinski definition) is 1. The van der Waals surface area contributed by atoms with Crippen LogP contribution in [0, 0.1) is 0 Å². The molecule has 0 saturated carbocycles. The molecule has 1 amide bonds. The molecule has 7 nitrogen and oxygen atoms in total. The number of ether oxygens (including phenoxy) is 1. The van der Waals surface area contributed by atoms with E-state index in [0.29, 0.717) is 5.69 Å². The average Bonchev–Trinajstić information content (AvgIpc) is 2.73. The van der Waals surface area contributed by atoms with Gasteiger partial charge in [-0.25, -0.2) is 8.42 Å². The summed E-state index contributed by atoms with van der Waals surface area (Å²) in [5.74, 6) is -0.845. The molecule has 1 N–H and O–H groups in total. The van der Waals surface area contributed by atoms with Gasteiger partial charge in [-0.05, 0) is 36.4 Å². The van der Waals surface area contributed by atoms with Crippen molar-refractivity contribution in [3.8, 4) is 0 Å². The number of hydrogen-bond acceptors (Lipinski definition) is 5. The molecule has 2 aromatic carbocycles. The number of benzene rings is 2. The molecular weight excluding hydrogens is 435 g/mol. The van der Waals surface area contributed by atoms with Crippen molar-refractivity contribution in [2.45, 2.75) is 11.1 Å². The highest BCUT2D eigenvalue weighted by Gasteiger charge is 2.34. The lowest BCUT2D eigenvalue weighted by molar-refractivity contribution is -0.136. The van der Waals surface area contributed by atoms with Gasteiger partial charge in [-0.2, -0.15) is 17.5 Å². The number of nitrogens with zero attached hydrogens (tertiary/aromatic N) is 2. The summed E-state index contributed by atoms with van der Waals surface area (Å²) in [6.07, 6.45) is -4.68. The van der Waals surface area contributed by atoms with Crippen molar-refractivity contribution in [2.75, 3.05) is 50.6 Å². The molecule has 0 spiro atoms. The highest BCUT2D eigenvalue weighted by Crippen LogP contribution is 2.37. The van der Waals surface area contributed by atoms with Crippen molar-refractivity contribution in [3.63, 3.8) is 0 Å². The summed E-state index contributed by atoms with van der Waals surface area (Å²) < 4.78 is 72.5. The van der Waals surface area contributed by atoms with Crippen molar-refractivity contribution < 1.29 is 31.1 Å². The Morgan fingerprint density at radius 2 is 1.77 bits per heavy atom. The lowest BCUT2D eigenvalue weighted by Crippen LogP contribution is -2.40. The number of rotatable bonds is 5. The number of morpholine rings is 1. The van der Waals surface area contributed by atoms with Crippen LogP contribution >= 0.6 is 0 Å². The Hall–Kier alpha value is -2.63. The van der Waals surface area contributed by atoms with Crippen LogP contribution in [0.15, 0.2) is 47.4 Å². The number of amides is 1. The zero-order valence-corrected chi connectivity index (χ0v) is 17.8. The monoisotopic (exact) mass is 457 g/mol. The van der Waals surface area contributed by atoms with E-state index in [9.17, 15) is 26.4 Å². The fraction of sp³-hybridized carbons (Fsp3) is 0.350. The minimum absolute atomic E-state index is 0.0702. The van der Waals surface area contributed by atoms with Crippen LogP contribution in [0.1, 0.15) is 15.9 Å². The Morgan fingerprint density at radius 1 is 1.10 bits per heavy atom. The van der Waals surface area contributed by atoms with Gasteiger partial charge in [-0.3, -0.25) is 4.79 Å². The standard InChI is InChI=1S/C20H22F3N3O4S/c1-25(2)15-6-7-18(17(13-15)20(21,22)23)24-19(27)14-4-3-5-16(12-14)31(28,29)26-8-10-30-11-9-26/h3-7,12-13H,8-11H2,1-2H3,(H,24,27). The molecule has 3 rings (SSSR count). The summed E-state index contributed by atoms with van der Waals surface area (Å²) in [5.41, 5.74) is -1.16. The van der Waals surface area contributed by atoms with Gasteiger partial charge in [0.2, 0.25) is 10.0 Å². The highest BCUT2D eigenvalue weighted by molar-refractivity contribution is 7.89. The minimum atomic E-state index is -4.68. The zero-order valence-electron chi connectivity index (χ0n) is 16.9. The summed E-state index contributed by atoms with van der Waals surface area (Å²) in [6, 6.07) is 8.77. The Labute approximate surface area is 178 Å². The molecule has 11 heteroatoms. The summed E-state index contributed by atoms with van der Waals surface area (Å²) in [4.78, 5) is 14.1. The Kier molecular flexibility index (Phi) is 6.58. The third kappa shape index (κ3) is 5.17. The Balaban J connectivity index is 1.89. The van der Waals surface area contributed by atoms with Gasteiger partial charge < -0.3 is 15.0 Å². The van der Waals surface area contributed by atoms with Crippen LogP contribution in [0.2, 0.25) is 0 Å². The van der Waals surface area contributed by atoms with E-state index in [2.05, 4.69) is 5.32 Å². The van der Waals surface area contributed by atoms with Gasteiger partial charge in [0.15, 0.2) is 0 Å². The third-order valence-corrected chi connectivity index (χ3v) is 6.67. The average molecular weight is 457 g/mol. The number of carbonyl (C=O) groups excluding carboxylic acids is 1. The SMILES string of the molecule is CN(C)c1ccc(NC(=O)c2cccc(S(=O)(=O)N3CCOCC3)c2)c(C(F)(F)F)c1. The second-order valence-electron chi connectivity index (χ2n) is 7.12. The number of carbonyl (C=O) groups is 1. The molecule has 0 bridgehead atoms. The lowest BCUT2D eigenvalue weighted by Gasteiger charge is -2.26. The van der Waals surface area contributed by atoms with Crippen LogP contribution in [-0.2, 0) is 20.9 Å². The van der Waals surface area contributed by atoms with Crippen molar-refractivity contribution in [1.29, 1.82) is 0 Å². The molecule has 2 aromatic rings. The summed E-state index contributed by atoms with van der Waals surface area (Å²) in [6.45, 7) is 0.906. The molecule has 1 aliphatic rings. The van der Waals surface area contributed by atoms with Gasteiger partial charge in [-0.1, -0.05) is 6.07 Å². The van der Waals surface area contributed by atoms with E-state index in [1.807, 2.05) is 0 Å². The zero-order chi connectivity index (χ0) is 22.8. The predicted molar refractivity (Wildman–Crippen MR) is 110 cm³/mol. The molecule has 0 radical (unpaired) electrons. The maximum absolute atomic E-state index is 13.5. The quantitative estimate of drug-likeness (QED) is 0.747. The first-order valence-electron chi connectivity index (χ1n) is 9.38. The summed E-state index contributed by atoms with van der Waals surface area (Å²) in [5, 5.41) is 2.25. The molecule has 1 saturated heterocycles. The number of nitrogens with one attached hydrogen (secondary N) is 1. The first-order valence-corrected chi connectivity index (χ1v) is 10.8. The van der Waals surface area contributed by atoms with Crippen LogP contribution in [-0.4, -0.2) is 59.0 Å². The maximum Gasteiger partial charge on any atom is 0.418 e. The van der Waals surface area contributed by atoms with E-state index in [0.717, 1.165) is 12.1 Å². The van der Waals surface area contributed by atoms with E-state index in [1.54, 1.807) is 14.1 Å². The van der Waals surface area contributed by atoms with Crippen LogP contribution in [0.3, 0.4) is 0 Å². The number of sulfonamides is 1. The Morgan fingerprint density at radius 3 is 2.39 bits per heavy atom. The van der Waals surface area contributed by atoms with Gasteiger partial charge in [0.25, 0.3) is 5.91 Å². The second-order valence-corrected chi connectivity index (χ2v) is 9.06. The van der Waals surface area contributed by atoms with Crippen LogP contribution in [0.4, 0.5) is 24.5 Å². The fourth-order valence-corrected chi connectivity index (χ4v) is 4.54. The van der Waals surface area contributed by atoms with Gasteiger partial charge in [-0.15, -0.1) is 0 Å². The molecule has 1 aliphatic heterocycles. The molecule has 0 unspecified atom stereocenters. The van der Waals surface area contributed by atoms with Gasteiger partial charge in [0.1, 0.15) is 0 Å². The first kappa shape index (κ1) is 23.0. The molecule has 1 heterocycles. The molecule has 0 atom stereocenters. The second kappa shape index (κ2) is 8.85. The van der Waals surface area contributed by atoms with Gasteiger partial charge in [0, 0.05) is 38.4 Å². The first-order chi connectivity index (χ1) is 14.5. The fourth-order valence-electron chi connectivity index (χ4n) is 3.08. The van der Waals surface area contributed by atoms with E-state index in [4.69, 9.17) is 4.74 Å². The van der Waals surface area contributed by atoms with E-state index in [-0.39, 0.29) is 36.8 Å². The van der Waals surface area contributed by atoms with Crippen molar-refractivity contribution in [1.82, 2.24) is 4.31 Å². The van der Waals surface area contributed by atoms with Crippen molar-refractivity contribution >= 4 is 27.3 Å². The van der Waals surface area contributed by atoms with Crippen molar-refractivity contribution in [2.24, 2.45) is 0 Å². The summed E-state index contributed by atoms with van der Waals surface area (Å²) >= 11 is 0. The molecular formula is C20H22F3N3O4S. The number of halogens is 3. The number of anilines is 2. The maximum atomic E-state index is 13.5. The predicted octanol–water partition coefficient (Wildman–Crippen LogP) is 3.04. The van der Waals surface area contributed by atoms with Gasteiger partial charge >= 0.3 is 6.18 Å². The highest BCUT2D eigenvalue weighted by atomic mass is 32.2. The third-order valence-electron chi connectivity index (χ3n) is 4.78. The normalized spacial score (nSPS) is 15.5. The topological polar surface area (TPSA) is 79.0 Å². The molecule has 1 fully saturated rings. The van der Waals surface area contributed by atoms with Crippen LogP contribution < -0.4 is 10.2 Å². The summed E-state index contributed by atoms with van der Waals surface area (Å²) in [7, 11) is -0.639. The lowest BCUT2D eigenvalue weighted by atomic mass is 10.1. The van der Waals surface area contributed by atoms with E-state index < -0.39 is 33.4 Å². The largest absolute Gasteiger partial charge is 0.418 e. The van der Waals surface area contributed by atoms with E-state index >= 15 is 0 Å². The number of alkyl halides is 3. The smallest absolute Gasteiger partial charge is 0.379 e. The molecule has 0 aliphatic carbocycles. The van der Waals surface area contributed by atoms with Crippen LogP contribution in [0.5, 0.6) is 0 Å². The molecule has 31 heavy (non-hydrogen) atoms. The minimum Gasteiger partial charge on any atom is -0.379 e. The van der Waals surface area contributed by atoms with Crippen molar-refractivity contribution in [3.05, 3.63) is 53.6 Å². The Bertz CT molecular complexity index is 1070. The van der Waals surface area contributed by atoms with Crippen LogP contribution in [0.25, 0.3) is 0 Å².